The SMILES string of the molecule is CCNC(Cc1ccc(C)cc1)c1ccc(Br)cn1. The van der Waals surface area contributed by atoms with Crippen molar-refractivity contribution in [2.45, 2.75) is 26.3 Å². The highest BCUT2D eigenvalue weighted by molar-refractivity contribution is 9.10. The molecule has 1 aromatic carbocycles. The number of aryl methyl sites for hydroxylation is 1. The summed E-state index contributed by atoms with van der Waals surface area (Å²) in [6, 6.07) is 13.1. The van der Waals surface area contributed by atoms with Gasteiger partial charge in [-0.1, -0.05) is 36.8 Å². The molecule has 1 aromatic heterocycles. The van der Waals surface area contributed by atoms with Crippen molar-refractivity contribution < 1.29 is 0 Å². The molecule has 0 aliphatic carbocycles. The molecule has 0 aliphatic heterocycles. The number of nitrogens with one attached hydrogen (secondary N) is 1. The lowest BCUT2D eigenvalue weighted by Gasteiger charge is -2.17. The number of hydrogen-bond donors (Lipinski definition) is 1. The Morgan fingerprint density at radius 1 is 1.16 bits per heavy atom. The molecule has 1 unspecified atom stereocenters. The third-order valence-corrected chi connectivity index (χ3v) is 3.59. The number of aromatic nitrogens is 1. The molecule has 0 saturated heterocycles. The van der Waals surface area contributed by atoms with E-state index < -0.39 is 0 Å². The quantitative estimate of drug-likeness (QED) is 0.899. The van der Waals surface area contributed by atoms with Gasteiger partial charge >= 0.3 is 0 Å². The highest BCUT2D eigenvalue weighted by Gasteiger charge is 2.12. The summed E-state index contributed by atoms with van der Waals surface area (Å²) >= 11 is 3.43. The molecule has 19 heavy (non-hydrogen) atoms. The second-order valence-corrected chi connectivity index (χ2v) is 5.62. The molecule has 0 radical (unpaired) electrons. The van der Waals surface area contributed by atoms with Crippen molar-refractivity contribution >= 4 is 15.9 Å². The van der Waals surface area contributed by atoms with Crippen molar-refractivity contribution in [1.82, 2.24) is 10.3 Å². The predicted molar refractivity (Wildman–Crippen MR) is 83.2 cm³/mol. The van der Waals surface area contributed by atoms with Crippen LogP contribution in [0.4, 0.5) is 0 Å². The second-order valence-electron chi connectivity index (χ2n) is 4.70. The topological polar surface area (TPSA) is 24.9 Å². The fraction of sp³-hybridized carbons (Fsp3) is 0.312. The van der Waals surface area contributed by atoms with E-state index in [9.17, 15) is 0 Å². The normalized spacial score (nSPS) is 12.4. The fourth-order valence-corrected chi connectivity index (χ4v) is 2.32. The Labute approximate surface area is 123 Å². The minimum atomic E-state index is 0.265. The molecular weight excluding hydrogens is 300 g/mol. The van der Waals surface area contributed by atoms with E-state index in [1.165, 1.54) is 11.1 Å². The van der Waals surface area contributed by atoms with Gasteiger partial charge in [-0.3, -0.25) is 4.98 Å². The molecular formula is C16H19BrN2. The molecule has 3 heteroatoms. The Balaban J connectivity index is 2.15. The van der Waals surface area contributed by atoms with Gasteiger partial charge in [0, 0.05) is 10.7 Å². The molecule has 0 saturated carbocycles. The van der Waals surface area contributed by atoms with Gasteiger partial charge in [0.25, 0.3) is 0 Å². The average Bonchev–Trinajstić information content (AvgIpc) is 2.42. The Kier molecular flexibility index (Phi) is 5.11. The van der Waals surface area contributed by atoms with Crippen molar-refractivity contribution in [2.24, 2.45) is 0 Å². The molecule has 1 N–H and O–H groups in total. The van der Waals surface area contributed by atoms with Crippen molar-refractivity contribution in [3.8, 4) is 0 Å². The minimum Gasteiger partial charge on any atom is -0.309 e. The summed E-state index contributed by atoms with van der Waals surface area (Å²) < 4.78 is 1.02. The van der Waals surface area contributed by atoms with Crippen LogP contribution in [0.3, 0.4) is 0 Å². The fourth-order valence-electron chi connectivity index (χ4n) is 2.08. The minimum absolute atomic E-state index is 0.265. The highest BCUT2D eigenvalue weighted by atomic mass is 79.9. The largest absolute Gasteiger partial charge is 0.309 e. The smallest absolute Gasteiger partial charge is 0.0577 e. The van der Waals surface area contributed by atoms with Crippen LogP contribution in [0.2, 0.25) is 0 Å². The van der Waals surface area contributed by atoms with Crippen molar-refractivity contribution in [2.75, 3.05) is 6.54 Å². The zero-order chi connectivity index (χ0) is 13.7. The van der Waals surface area contributed by atoms with E-state index in [-0.39, 0.29) is 6.04 Å². The Morgan fingerprint density at radius 2 is 1.89 bits per heavy atom. The van der Waals surface area contributed by atoms with Gasteiger partial charge in [0.1, 0.15) is 0 Å². The molecule has 0 bridgehead atoms. The molecule has 1 heterocycles. The van der Waals surface area contributed by atoms with E-state index in [1.807, 2.05) is 12.3 Å². The molecule has 0 spiro atoms. The van der Waals surface area contributed by atoms with Gasteiger partial charge in [-0.2, -0.15) is 0 Å². The summed E-state index contributed by atoms with van der Waals surface area (Å²) in [5.74, 6) is 0. The van der Waals surface area contributed by atoms with E-state index in [0.717, 1.165) is 23.1 Å². The molecule has 0 aliphatic rings. The van der Waals surface area contributed by atoms with Crippen LogP contribution in [-0.2, 0) is 6.42 Å². The molecule has 0 amide bonds. The van der Waals surface area contributed by atoms with E-state index in [4.69, 9.17) is 0 Å². The third kappa shape index (κ3) is 4.15. The second kappa shape index (κ2) is 6.83. The van der Waals surface area contributed by atoms with Crippen LogP contribution < -0.4 is 5.32 Å². The highest BCUT2D eigenvalue weighted by Crippen LogP contribution is 2.18. The van der Waals surface area contributed by atoms with Gasteiger partial charge in [-0.25, -0.2) is 0 Å². The van der Waals surface area contributed by atoms with E-state index in [1.54, 1.807) is 0 Å². The van der Waals surface area contributed by atoms with E-state index in [2.05, 4.69) is 70.4 Å². The van der Waals surface area contributed by atoms with Gasteiger partial charge < -0.3 is 5.32 Å². The number of hydrogen-bond acceptors (Lipinski definition) is 2. The Morgan fingerprint density at radius 3 is 2.47 bits per heavy atom. The van der Waals surface area contributed by atoms with Crippen molar-refractivity contribution in [3.63, 3.8) is 0 Å². The van der Waals surface area contributed by atoms with Crippen LogP contribution in [0.1, 0.15) is 29.8 Å². The first-order valence-electron chi connectivity index (χ1n) is 6.59. The zero-order valence-electron chi connectivity index (χ0n) is 11.4. The van der Waals surface area contributed by atoms with Crippen molar-refractivity contribution in [1.29, 1.82) is 0 Å². The Hall–Kier alpha value is -1.19. The zero-order valence-corrected chi connectivity index (χ0v) is 12.9. The summed E-state index contributed by atoms with van der Waals surface area (Å²) in [6.45, 7) is 5.18. The summed E-state index contributed by atoms with van der Waals surface area (Å²) in [5.41, 5.74) is 3.72. The van der Waals surface area contributed by atoms with Gasteiger partial charge in [0.2, 0.25) is 0 Å². The maximum atomic E-state index is 4.50. The number of benzene rings is 1. The summed E-state index contributed by atoms with van der Waals surface area (Å²) in [6.07, 6.45) is 2.82. The molecule has 0 fully saturated rings. The maximum absolute atomic E-state index is 4.50. The number of pyridine rings is 1. The number of nitrogens with zero attached hydrogens (tertiary/aromatic N) is 1. The number of halogens is 1. The monoisotopic (exact) mass is 318 g/mol. The lowest BCUT2D eigenvalue weighted by atomic mass is 10.0. The van der Waals surface area contributed by atoms with Crippen LogP contribution >= 0.6 is 15.9 Å². The van der Waals surface area contributed by atoms with Gasteiger partial charge in [-0.05, 0) is 53.5 Å². The lowest BCUT2D eigenvalue weighted by molar-refractivity contribution is 0.536. The summed E-state index contributed by atoms with van der Waals surface area (Å²) in [5, 5.41) is 3.50. The molecule has 2 nitrogen and oxygen atoms in total. The molecule has 2 aromatic rings. The van der Waals surface area contributed by atoms with Gasteiger partial charge in [-0.15, -0.1) is 0 Å². The number of rotatable bonds is 5. The predicted octanol–water partition coefficient (Wildman–Crippen LogP) is 4.05. The first-order valence-corrected chi connectivity index (χ1v) is 7.38. The van der Waals surface area contributed by atoms with E-state index >= 15 is 0 Å². The van der Waals surface area contributed by atoms with Crippen molar-refractivity contribution in [3.05, 3.63) is 63.9 Å². The van der Waals surface area contributed by atoms with Gasteiger partial charge in [0.05, 0.1) is 11.7 Å². The molecule has 1 atom stereocenters. The number of likely N-dealkylation sites (N-methyl/N-ethyl adjacent to an activating group) is 1. The molecule has 2 rings (SSSR count). The first-order chi connectivity index (χ1) is 9.19. The summed E-state index contributed by atoms with van der Waals surface area (Å²) in [4.78, 5) is 4.50. The van der Waals surface area contributed by atoms with Crippen LogP contribution in [-0.4, -0.2) is 11.5 Å². The van der Waals surface area contributed by atoms with Crippen LogP contribution in [0.5, 0.6) is 0 Å². The van der Waals surface area contributed by atoms with Crippen LogP contribution in [0.25, 0.3) is 0 Å². The van der Waals surface area contributed by atoms with E-state index in [0.29, 0.717) is 0 Å². The van der Waals surface area contributed by atoms with Gasteiger partial charge in [0.15, 0.2) is 0 Å². The lowest BCUT2D eigenvalue weighted by Crippen LogP contribution is -2.23. The Bertz CT molecular complexity index is 505. The summed E-state index contributed by atoms with van der Waals surface area (Å²) in [7, 11) is 0. The molecule has 100 valence electrons. The standard InChI is InChI=1S/C16H19BrN2/c1-3-18-16(15-9-8-14(17)11-19-15)10-13-6-4-12(2)5-7-13/h4-9,11,16,18H,3,10H2,1-2H3. The third-order valence-electron chi connectivity index (χ3n) is 3.12. The average molecular weight is 319 g/mol. The van der Waals surface area contributed by atoms with Crippen LogP contribution in [0, 0.1) is 6.92 Å². The maximum Gasteiger partial charge on any atom is 0.0577 e. The first kappa shape index (κ1) is 14.2. The van der Waals surface area contributed by atoms with Crippen LogP contribution in [0.15, 0.2) is 47.1 Å².